The Kier molecular flexibility index (Phi) is 6.52. The summed E-state index contributed by atoms with van der Waals surface area (Å²) in [4.78, 5) is 9.29. The summed E-state index contributed by atoms with van der Waals surface area (Å²) in [5, 5.41) is 22.6. The summed E-state index contributed by atoms with van der Waals surface area (Å²) in [5.41, 5.74) is 4.02. The number of anilines is 1. The van der Waals surface area contributed by atoms with Gasteiger partial charge in [0.05, 0.1) is 29.5 Å². The van der Waals surface area contributed by atoms with Gasteiger partial charge < -0.3 is 5.32 Å². The molecule has 38 heavy (non-hydrogen) atoms. The highest BCUT2D eigenvalue weighted by Gasteiger charge is 2.25. The molecule has 5 aromatic heterocycles. The summed E-state index contributed by atoms with van der Waals surface area (Å²) in [6, 6.07) is 13.7. The van der Waals surface area contributed by atoms with Crippen molar-refractivity contribution in [3.8, 4) is 17.2 Å². The first-order valence-corrected chi connectivity index (χ1v) is 13.3. The summed E-state index contributed by atoms with van der Waals surface area (Å²) >= 11 is 1.19. The van der Waals surface area contributed by atoms with Crippen LogP contribution in [0.1, 0.15) is 43.0 Å². The van der Waals surface area contributed by atoms with Crippen molar-refractivity contribution in [2.24, 2.45) is 0 Å². The van der Waals surface area contributed by atoms with E-state index in [1.54, 1.807) is 23.0 Å². The molecule has 1 fully saturated rings. The molecule has 10 heteroatoms. The maximum Gasteiger partial charge on any atom is 0.155 e. The summed E-state index contributed by atoms with van der Waals surface area (Å²) in [5.74, 6) is 0.512. The zero-order valence-electron chi connectivity index (χ0n) is 20.8. The van der Waals surface area contributed by atoms with Crippen molar-refractivity contribution in [2.75, 3.05) is 5.32 Å². The third kappa shape index (κ3) is 4.61. The van der Waals surface area contributed by atoms with Gasteiger partial charge >= 0.3 is 0 Å². The molecule has 0 bridgehead atoms. The number of hydrogen-bond donors (Lipinski definition) is 1. The summed E-state index contributed by atoms with van der Waals surface area (Å²) in [7, 11) is 0. The zero-order valence-corrected chi connectivity index (χ0v) is 21.6. The molecule has 1 aliphatic carbocycles. The Bertz CT molecular complexity index is 1630. The molecule has 0 aliphatic heterocycles. The zero-order chi connectivity index (χ0) is 26.1. The van der Waals surface area contributed by atoms with Gasteiger partial charge in [0, 0.05) is 46.3 Å². The monoisotopic (exact) mass is 524 g/mol. The highest BCUT2D eigenvalue weighted by molar-refractivity contribution is 7.99. The Morgan fingerprint density at radius 2 is 1.89 bits per heavy atom. The number of pyridine rings is 3. The summed E-state index contributed by atoms with van der Waals surface area (Å²) in [6.45, 7) is 2.08. The van der Waals surface area contributed by atoms with Gasteiger partial charge in [-0.3, -0.25) is 4.68 Å². The van der Waals surface area contributed by atoms with Crippen molar-refractivity contribution in [1.82, 2.24) is 29.4 Å². The van der Waals surface area contributed by atoms with E-state index in [-0.39, 0.29) is 5.03 Å². The van der Waals surface area contributed by atoms with Crippen LogP contribution < -0.4 is 5.32 Å². The number of nitrogens with one attached hydrogen (secondary N) is 1. The predicted octanol–water partition coefficient (Wildman–Crippen LogP) is 6.05. The van der Waals surface area contributed by atoms with E-state index in [0.29, 0.717) is 28.1 Å². The van der Waals surface area contributed by atoms with E-state index in [2.05, 4.69) is 38.1 Å². The van der Waals surface area contributed by atoms with Gasteiger partial charge in [-0.15, -0.1) is 0 Å². The van der Waals surface area contributed by atoms with Crippen LogP contribution in [0.5, 0.6) is 0 Å². The fourth-order valence-corrected chi connectivity index (χ4v) is 6.11. The van der Waals surface area contributed by atoms with Gasteiger partial charge in [0.1, 0.15) is 16.9 Å². The number of fused-ring (bicyclic) bond motifs is 1. The minimum Gasteiger partial charge on any atom is -0.367 e. The van der Waals surface area contributed by atoms with Crippen LogP contribution in [0.25, 0.3) is 16.6 Å². The van der Waals surface area contributed by atoms with E-state index < -0.39 is 5.82 Å². The third-order valence-electron chi connectivity index (χ3n) is 7.04. The SMILES string of the molecule is Cc1c(-c2cc(Sc3ncccc3F)c3c(C#N)cnn3c2)cnn1[C@H]1CC[C@@H](Nc2ccccn2)CC1. The molecule has 0 aromatic carbocycles. The van der Waals surface area contributed by atoms with E-state index in [1.165, 1.54) is 24.0 Å². The first-order valence-electron chi connectivity index (χ1n) is 12.5. The van der Waals surface area contributed by atoms with Crippen LogP contribution in [0.15, 0.2) is 77.3 Å². The molecule has 6 rings (SSSR count). The van der Waals surface area contributed by atoms with E-state index >= 15 is 0 Å². The smallest absolute Gasteiger partial charge is 0.155 e. The average Bonchev–Trinajstić information content (AvgIpc) is 3.54. The van der Waals surface area contributed by atoms with Crippen LogP contribution in [0.4, 0.5) is 10.2 Å². The molecule has 0 radical (unpaired) electrons. The summed E-state index contributed by atoms with van der Waals surface area (Å²) in [6.07, 6.45) is 12.8. The van der Waals surface area contributed by atoms with Gasteiger partial charge in [-0.1, -0.05) is 17.8 Å². The Balaban J connectivity index is 1.27. The highest BCUT2D eigenvalue weighted by Crippen LogP contribution is 2.38. The largest absolute Gasteiger partial charge is 0.367 e. The molecule has 0 atom stereocenters. The number of aromatic nitrogens is 6. The van der Waals surface area contributed by atoms with Gasteiger partial charge in [-0.05, 0) is 62.9 Å². The van der Waals surface area contributed by atoms with Crippen LogP contribution in [0, 0.1) is 24.1 Å². The van der Waals surface area contributed by atoms with Crippen LogP contribution in [-0.4, -0.2) is 35.4 Å². The first kappa shape index (κ1) is 24.1. The Morgan fingerprint density at radius 1 is 1.05 bits per heavy atom. The van der Waals surface area contributed by atoms with Gasteiger partial charge in [-0.2, -0.15) is 15.5 Å². The molecule has 1 saturated carbocycles. The molecule has 8 nitrogen and oxygen atoms in total. The third-order valence-corrected chi connectivity index (χ3v) is 8.07. The van der Waals surface area contributed by atoms with Crippen molar-refractivity contribution in [1.29, 1.82) is 5.26 Å². The quantitative estimate of drug-likeness (QED) is 0.289. The molecule has 1 aliphatic rings. The molecular formula is C28H25FN8S. The highest BCUT2D eigenvalue weighted by atomic mass is 32.2. The lowest BCUT2D eigenvalue weighted by Gasteiger charge is -2.30. The summed E-state index contributed by atoms with van der Waals surface area (Å²) < 4.78 is 18.3. The van der Waals surface area contributed by atoms with Crippen LogP contribution >= 0.6 is 11.8 Å². The lowest BCUT2D eigenvalue weighted by atomic mass is 9.91. The fourth-order valence-electron chi connectivity index (χ4n) is 5.14. The van der Waals surface area contributed by atoms with E-state index in [0.717, 1.165) is 48.3 Å². The molecular weight excluding hydrogens is 499 g/mol. The normalized spacial score (nSPS) is 17.4. The number of halogens is 1. The standard InChI is InChI=1S/C28H25FN8S/c1-18-23(16-34-37(18)22-9-7-21(8-10-22)35-26-6-2-3-11-31-26)19-13-25(38-28-24(29)5-4-12-32-28)27-20(14-30)15-33-36(27)17-19/h2-6,11-13,15-17,21-22H,7-10H2,1H3,(H,31,35)/t21-,22+. The number of nitriles is 1. The molecule has 190 valence electrons. The number of rotatable bonds is 6. The van der Waals surface area contributed by atoms with Crippen molar-refractivity contribution >= 4 is 23.1 Å². The number of hydrogen-bond acceptors (Lipinski definition) is 7. The van der Waals surface area contributed by atoms with Crippen molar-refractivity contribution in [3.05, 3.63) is 84.5 Å². The van der Waals surface area contributed by atoms with Crippen molar-refractivity contribution in [2.45, 2.75) is 54.6 Å². The number of nitrogens with zero attached hydrogens (tertiary/aromatic N) is 7. The van der Waals surface area contributed by atoms with Crippen LogP contribution in [-0.2, 0) is 0 Å². The van der Waals surface area contributed by atoms with Gasteiger partial charge in [0.15, 0.2) is 5.82 Å². The minimum absolute atomic E-state index is 0.250. The second-order valence-corrected chi connectivity index (χ2v) is 10.4. The molecule has 0 spiro atoms. The second kappa shape index (κ2) is 10.3. The maximum atomic E-state index is 14.4. The molecule has 0 amide bonds. The second-order valence-electron chi connectivity index (χ2n) is 9.40. The lowest BCUT2D eigenvalue weighted by molar-refractivity contribution is 0.309. The molecule has 1 N–H and O–H groups in total. The maximum absolute atomic E-state index is 14.4. The Morgan fingerprint density at radius 3 is 2.66 bits per heavy atom. The molecule has 0 saturated heterocycles. The van der Waals surface area contributed by atoms with E-state index in [4.69, 9.17) is 5.10 Å². The van der Waals surface area contributed by atoms with Crippen molar-refractivity contribution < 1.29 is 4.39 Å². The minimum atomic E-state index is -0.406. The fraction of sp³-hybridized carbons (Fsp3) is 0.250. The van der Waals surface area contributed by atoms with Crippen LogP contribution in [0.2, 0.25) is 0 Å². The van der Waals surface area contributed by atoms with Crippen LogP contribution in [0.3, 0.4) is 0 Å². The molecule has 5 aromatic rings. The van der Waals surface area contributed by atoms with Gasteiger partial charge in [0.25, 0.3) is 0 Å². The average molecular weight is 525 g/mol. The lowest BCUT2D eigenvalue weighted by Crippen LogP contribution is -2.28. The van der Waals surface area contributed by atoms with Gasteiger partial charge in [-0.25, -0.2) is 18.9 Å². The predicted molar refractivity (Wildman–Crippen MR) is 143 cm³/mol. The van der Waals surface area contributed by atoms with Gasteiger partial charge in [0.2, 0.25) is 0 Å². The first-order chi connectivity index (χ1) is 18.6. The Hall–Kier alpha value is -4.23. The Labute approximate surface area is 223 Å². The van der Waals surface area contributed by atoms with E-state index in [9.17, 15) is 9.65 Å². The molecule has 5 heterocycles. The van der Waals surface area contributed by atoms with Crippen molar-refractivity contribution in [3.63, 3.8) is 0 Å². The van der Waals surface area contributed by atoms with E-state index in [1.807, 2.05) is 36.7 Å². The molecule has 0 unspecified atom stereocenters. The topological polar surface area (TPSA) is 96.7 Å².